The van der Waals surface area contributed by atoms with Crippen molar-refractivity contribution in [2.24, 2.45) is 0 Å². The topological polar surface area (TPSA) is 41.3 Å². The fourth-order valence-corrected chi connectivity index (χ4v) is 2.55. The first-order chi connectivity index (χ1) is 8.36. The summed E-state index contributed by atoms with van der Waals surface area (Å²) >= 11 is 0. The van der Waals surface area contributed by atoms with Crippen LogP contribution in [0, 0.1) is 0 Å². The van der Waals surface area contributed by atoms with Crippen LogP contribution in [0.25, 0.3) is 0 Å². The molecule has 1 aliphatic carbocycles. The van der Waals surface area contributed by atoms with Crippen molar-refractivity contribution in [1.29, 1.82) is 0 Å². The molecule has 0 atom stereocenters. The van der Waals surface area contributed by atoms with E-state index in [-0.39, 0.29) is 0 Å². The minimum absolute atomic E-state index is 0.675. The van der Waals surface area contributed by atoms with Crippen molar-refractivity contribution in [3.63, 3.8) is 0 Å². The van der Waals surface area contributed by atoms with Gasteiger partial charge in [-0.1, -0.05) is 6.92 Å². The Labute approximate surface area is 102 Å². The monoisotopic (exact) mass is 235 g/mol. The van der Waals surface area contributed by atoms with E-state index in [1.54, 1.807) is 0 Å². The van der Waals surface area contributed by atoms with Crippen molar-refractivity contribution in [2.75, 3.05) is 24.5 Å². The highest BCUT2D eigenvalue weighted by molar-refractivity contribution is 5.29. The van der Waals surface area contributed by atoms with Gasteiger partial charge in [0.05, 0.1) is 5.69 Å². The van der Waals surface area contributed by atoms with Crippen LogP contribution in [0.4, 0.5) is 6.01 Å². The Balaban J connectivity index is 1.57. The predicted octanol–water partition coefficient (Wildman–Crippen LogP) is 2.13. The third-order valence-corrected chi connectivity index (χ3v) is 3.76. The van der Waals surface area contributed by atoms with Crippen molar-refractivity contribution < 1.29 is 4.42 Å². The summed E-state index contributed by atoms with van der Waals surface area (Å²) in [5.74, 6) is 0.687. The Bertz CT molecular complexity index is 364. The quantitative estimate of drug-likeness (QED) is 0.868. The largest absolute Gasteiger partial charge is 0.432 e. The molecule has 4 nitrogen and oxygen atoms in total. The lowest BCUT2D eigenvalue weighted by Crippen LogP contribution is -2.42. The molecule has 2 aliphatic rings. The molecular weight excluding hydrogens is 214 g/mol. The molecule has 94 valence electrons. The first-order valence-electron chi connectivity index (χ1n) is 6.80. The van der Waals surface area contributed by atoms with Crippen LogP contribution >= 0.6 is 0 Å². The van der Waals surface area contributed by atoms with Crippen LogP contribution in [0.5, 0.6) is 0 Å². The number of rotatable bonds is 4. The molecule has 4 heteroatoms. The molecule has 0 bridgehead atoms. The summed E-state index contributed by atoms with van der Waals surface area (Å²) in [6.07, 6.45) is 6.80. The molecule has 0 spiro atoms. The highest BCUT2D eigenvalue weighted by Gasteiger charge is 2.28. The number of piperidine rings is 1. The van der Waals surface area contributed by atoms with E-state index in [4.69, 9.17) is 4.42 Å². The van der Waals surface area contributed by atoms with Crippen LogP contribution in [0.15, 0.2) is 10.7 Å². The van der Waals surface area contributed by atoms with Gasteiger partial charge in [-0.3, -0.25) is 0 Å². The van der Waals surface area contributed by atoms with E-state index in [1.807, 2.05) is 6.26 Å². The lowest BCUT2D eigenvalue weighted by atomic mass is 10.1. The van der Waals surface area contributed by atoms with Crippen molar-refractivity contribution in [1.82, 2.24) is 10.3 Å². The fourth-order valence-electron chi connectivity index (χ4n) is 2.55. The van der Waals surface area contributed by atoms with Gasteiger partial charge in [-0.2, -0.15) is 4.98 Å². The summed E-state index contributed by atoms with van der Waals surface area (Å²) in [6, 6.07) is 1.51. The Morgan fingerprint density at radius 1 is 1.35 bits per heavy atom. The molecule has 0 amide bonds. The molecule has 1 aromatic heterocycles. The van der Waals surface area contributed by atoms with Gasteiger partial charge in [0.1, 0.15) is 6.26 Å². The Kier molecular flexibility index (Phi) is 3.05. The van der Waals surface area contributed by atoms with Gasteiger partial charge in [-0.25, -0.2) is 0 Å². The van der Waals surface area contributed by atoms with Crippen LogP contribution in [0.3, 0.4) is 0 Å². The first-order valence-corrected chi connectivity index (χ1v) is 6.80. The number of aromatic nitrogens is 1. The van der Waals surface area contributed by atoms with Crippen LogP contribution in [-0.2, 0) is 0 Å². The van der Waals surface area contributed by atoms with Gasteiger partial charge >= 0.3 is 0 Å². The molecule has 1 saturated carbocycles. The number of nitrogens with one attached hydrogen (secondary N) is 1. The molecule has 17 heavy (non-hydrogen) atoms. The summed E-state index contributed by atoms with van der Waals surface area (Å²) < 4.78 is 5.60. The van der Waals surface area contributed by atoms with Crippen LogP contribution in [-0.4, -0.2) is 30.7 Å². The predicted molar refractivity (Wildman–Crippen MR) is 67.4 cm³/mol. The summed E-state index contributed by atoms with van der Waals surface area (Å²) in [5, 5.41) is 3.51. The Hall–Kier alpha value is -1.03. The minimum atomic E-state index is 0.675. The summed E-state index contributed by atoms with van der Waals surface area (Å²) in [6.45, 7) is 5.35. The molecule has 0 unspecified atom stereocenters. The second-order valence-electron chi connectivity index (χ2n) is 5.15. The lowest BCUT2D eigenvalue weighted by molar-refractivity contribution is 0.404. The van der Waals surface area contributed by atoms with Gasteiger partial charge in [0.2, 0.25) is 0 Å². The maximum Gasteiger partial charge on any atom is 0.297 e. The van der Waals surface area contributed by atoms with Gasteiger partial charge in [0.25, 0.3) is 6.01 Å². The van der Waals surface area contributed by atoms with E-state index < -0.39 is 0 Å². The molecule has 1 aliphatic heterocycles. The highest BCUT2D eigenvalue weighted by Crippen LogP contribution is 2.40. The average Bonchev–Trinajstić information content (AvgIpc) is 3.09. The zero-order valence-electron chi connectivity index (χ0n) is 10.5. The molecule has 2 fully saturated rings. The van der Waals surface area contributed by atoms with E-state index in [9.17, 15) is 0 Å². The van der Waals surface area contributed by atoms with Gasteiger partial charge in [0.15, 0.2) is 0 Å². The maximum absolute atomic E-state index is 5.60. The normalized spacial score (nSPS) is 22.1. The summed E-state index contributed by atoms with van der Waals surface area (Å²) in [4.78, 5) is 6.88. The highest BCUT2D eigenvalue weighted by atomic mass is 16.4. The molecule has 1 saturated heterocycles. The van der Waals surface area contributed by atoms with E-state index >= 15 is 0 Å². The molecular formula is C13H21N3O. The van der Waals surface area contributed by atoms with E-state index in [1.165, 1.54) is 25.7 Å². The molecule has 1 N–H and O–H groups in total. The van der Waals surface area contributed by atoms with Crippen LogP contribution < -0.4 is 10.2 Å². The molecule has 0 radical (unpaired) electrons. The minimum Gasteiger partial charge on any atom is -0.432 e. The summed E-state index contributed by atoms with van der Waals surface area (Å²) in [7, 11) is 0. The van der Waals surface area contributed by atoms with E-state index in [0.29, 0.717) is 12.0 Å². The molecule has 3 rings (SSSR count). The Morgan fingerprint density at radius 2 is 2.12 bits per heavy atom. The van der Waals surface area contributed by atoms with Gasteiger partial charge in [-0.15, -0.1) is 0 Å². The van der Waals surface area contributed by atoms with E-state index in [0.717, 1.165) is 31.3 Å². The number of oxazole rings is 1. The maximum atomic E-state index is 5.60. The zero-order chi connectivity index (χ0) is 11.7. The number of hydrogen-bond donors (Lipinski definition) is 1. The number of anilines is 1. The SMILES string of the molecule is CCNC1CCN(c2nc(C3CC3)co2)CC1. The first kappa shape index (κ1) is 11.1. The van der Waals surface area contributed by atoms with Gasteiger partial charge < -0.3 is 14.6 Å². The average molecular weight is 235 g/mol. The number of nitrogens with zero attached hydrogens (tertiary/aromatic N) is 2. The third-order valence-electron chi connectivity index (χ3n) is 3.76. The lowest BCUT2D eigenvalue weighted by Gasteiger charge is -2.31. The van der Waals surface area contributed by atoms with Crippen molar-refractivity contribution in [3.05, 3.63) is 12.0 Å². The second-order valence-corrected chi connectivity index (χ2v) is 5.15. The van der Waals surface area contributed by atoms with Crippen molar-refractivity contribution >= 4 is 6.01 Å². The fraction of sp³-hybridized carbons (Fsp3) is 0.769. The van der Waals surface area contributed by atoms with Crippen LogP contribution in [0.1, 0.15) is 44.2 Å². The third kappa shape index (κ3) is 2.46. The summed E-state index contributed by atoms with van der Waals surface area (Å²) in [5.41, 5.74) is 1.16. The van der Waals surface area contributed by atoms with E-state index in [2.05, 4.69) is 22.1 Å². The molecule has 1 aromatic rings. The number of hydrogen-bond acceptors (Lipinski definition) is 4. The Morgan fingerprint density at radius 3 is 2.76 bits per heavy atom. The second kappa shape index (κ2) is 4.69. The molecule has 2 heterocycles. The smallest absolute Gasteiger partial charge is 0.297 e. The zero-order valence-corrected chi connectivity index (χ0v) is 10.5. The standard InChI is InChI=1S/C13H21N3O/c1-2-14-11-5-7-16(8-6-11)13-15-12(9-17-13)10-3-4-10/h9-11,14H,2-8H2,1H3. The van der Waals surface area contributed by atoms with Gasteiger partial charge in [0, 0.05) is 25.0 Å². The van der Waals surface area contributed by atoms with Gasteiger partial charge in [-0.05, 0) is 32.2 Å². The van der Waals surface area contributed by atoms with Crippen molar-refractivity contribution in [2.45, 2.75) is 44.6 Å². The van der Waals surface area contributed by atoms with Crippen molar-refractivity contribution in [3.8, 4) is 0 Å². The van der Waals surface area contributed by atoms with Crippen LogP contribution in [0.2, 0.25) is 0 Å². The molecule has 0 aromatic carbocycles.